The van der Waals surface area contributed by atoms with Gasteiger partial charge in [-0.05, 0) is 30.7 Å². The molecular weight excluding hydrogens is 357 g/mol. The maximum absolute atomic E-state index is 12.3. The zero-order chi connectivity index (χ0) is 15.6. The molecule has 0 aromatic heterocycles. The van der Waals surface area contributed by atoms with Crippen molar-refractivity contribution in [2.45, 2.75) is 23.0 Å². The van der Waals surface area contributed by atoms with Gasteiger partial charge in [-0.15, -0.1) is 0 Å². The van der Waals surface area contributed by atoms with Crippen LogP contribution in [-0.4, -0.2) is 37.0 Å². The van der Waals surface area contributed by atoms with Crippen LogP contribution in [0.4, 0.5) is 0 Å². The smallest absolute Gasteiger partial charge is 0.337 e. The molecule has 0 spiro atoms. The Morgan fingerprint density at radius 3 is 2.67 bits per heavy atom. The number of nitrogens with one attached hydrogen (secondary N) is 1. The van der Waals surface area contributed by atoms with Crippen LogP contribution in [0.1, 0.15) is 23.2 Å². The van der Waals surface area contributed by atoms with Crippen LogP contribution >= 0.6 is 35.0 Å². The van der Waals surface area contributed by atoms with Crippen molar-refractivity contribution < 1.29 is 18.3 Å². The van der Waals surface area contributed by atoms with Crippen LogP contribution in [0.25, 0.3) is 0 Å². The van der Waals surface area contributed by atoms with Crippen molar-refractivity contribution >= 4 is 51.0 Å². The third-order valence-corrected chi connectivity index (χ3v) is 6.67. The average molecular weight is 370 g/mol. The number of aromatic carboxylic acids is 1. The van der Waals surface area contributed by atoms with Gasteiger partial charge >= 0.3 is 5.97 Å². The van der Waals surface area contributed by atoms with E-state index >= 15 is 0 Å². The maximum Gasteiger partial charge on any atom is 0.337 e. The number of carbonyl (C=O) groups is 1. The molecule has 1 aromatic carbocycles. The fraction of sp³-hybridized carbons (Fsp3) is 0.417. The summed E-state index contributed by atoms with van der Waals surface area (Å²) in [4.78, 5) is 10.8. The Bertz CT molecular complexity index is 657. The second-order valence-corrected chi connectivity index (χ2v) is 8.51. The zero-order valence-corrected chi connectivity index (χ0v) is 13.9. The maximum atomic E-state index is 12.3. The van der Waals surface area contributed by atoms with E-state index in [1.165, 1.54) is 0 Å². The third-order valence-electron chi connectivity index (χ3n) is 3.07. The minimum absolute atomic E-state index is 0.0993. The normalized spacial score (nSPS) is 18.9. The lowest BCUT2D eigenvalue weighted by Gasteiger charge is -2.13. The Morgan fingerprint density at radius 2 is 2.10 bits per heavy atom. The number of sulfonamides is 1. The van der Waals surface area contributed by atoms with E-state index in [0.29, 0.717) is 6.54 Å². The highest BCUT2D eigenvalue weighted by Crippen LogP contribution is 2.30. The number of thioether (sulfide) groups is 1. The fourth-order valence-corrected chi connectivity index (χ4v) is 5.22. The van der Waals surface area contributed by atoms with Crippen LogP contribution in [0.3, 0.4) is 0 Å². The SMILES string of the molecule is O=C(O)c1cc(S(=O)(=O)NCC2CCCS2)c(Cl)cc1Cl. The number of carboxylic acid groups (broad SMARTS) is 1. The number of rotatable bonds is 5. The molecular formula is C12H13Cl2NO4S2. The summed E-state index contributed by atoms with van der Waals surface area (Å²) in [6.07, 6.45) is 2.03. The highest BCUT2D eigenvalue weighted by Gasteiger charge is 2.24. The molecule has 1 heterocycles. The first-order valence-corrected chi connectivity index (χ1v) is 9.43. The van der Waals surface area contributed by atoms with Gasteiger partial charge in [-0.2, -0.15) is 11.8 Å². The minimum atomic E-state index is -3.87. The highest BCUT2D eigenvalue weighted by molar-refractivity contribution is 8.00. The summed E-state index contributed by atoms with van der Waals surface area (Å²) in [5.74, 6) is -0.281. The quantitative estimate of drug-likeness (QED) is 0.833. The molecule has 0 saturated carbocycles. The second kappa shape index (κ2) is 6.75. The summed E-state index contributed by atoms with van der Waals surface area (Å²) >= 11 is 13.3. The molecule has 9 heteroatoms. The summed E-state index contributed by atoms with van der Waals surface area (Å²) in [5.41, 5.74) is -0.295. The number of hydrogen-bond donors (Lipinski definition) is 2. The van der Waals surface area contributed by atoms with Gasteiger partial charge < -0.3 is 5.11 Å². The molecule has 1 aliphatic heterocycles. The minimum Gasteiger partial charge on any atom is -0.478 e. The molecule has 0 aliphatic carbocycles. The molecule has 5 nitrogen and oxygen atoms in total. The van der Waals surface area contributed by atoms with Crippen molar-refractivity contribution in [1.82, 2.24) is 4.72 Å². The Kier molecular flexibility index (Phi) is 5.43. The van der Waals surface area contributed by atoms with Crippen molar-refractivity contribution in [1.29, 1.82) is 0 Å². The van der Waals surface area contributed by atoms with Gasteiger partial charge in [-0.25, -0.2) is 17.9 Å². The average Bonchev–Trinajstić information content (AvgIpc) is 2.88. The van der Waals surface area contributed by atoms with Crippen molar-refractivity contribution in [2.24, 2.45) is 0 Å². The number of carboxylic acids is 1. The lowest BCUT2D eigenvalue weighted by Crippen LogP contribution is -2.30. The number of benzene rings is 1. The van der Waals surface area contributed by atoms with E-state index in [2.05, 4.69) is 4.72 Å². The summed E-state index contributed by atoms with van der Waals surface area (Å²) in [7, 11) is -3.87. The first-order chi connectivity index (χ1) is 9.81. The monoisotopic (exact) mass is 369 g/mol. The predicted octanol–water partition coefficient (Wildman–Crippen LogP) is 2.87. The first-order valence-electron chi connectivity index (χ1n) is 6.15. The molecule has 2 N–H and O–H groups in total. The molecule has 1 fully saturated rings. The van der Waals surface area contributed by atoms with Gasteiger partial charge in [0, 0.05) is 11.8 Å². The van der Waals surface area contributed by atoms with E-state index in [-0.39, 0.29) is 25.8 Å². The molecule has 2 rings (SSSR count). The van der Waals surface area contributed by atoms with Crippen LogP contribution in [0.5, 0.6) is 0 Å². The topological polar surface area (TPSA) is 83.5 Å². The summed E-state index contributed by atoms with van der Waals surface area (Å²) < 4.78 is 27.0. The molecule has 1 aliphatic rings. The van der Waals surface area contributed by atoms with Crippen LogP contribution < -0.4 is 4.72 Å². The molecule has 1 atom stereocenters. The van der Waals surface area contributed by atoms with E-state index in [1.807, 2.05) is 0 Å². The standard InChI is InChI=1S/C12H13Cl2NO4S2/c13-9-5-10(14)11(4-8(9)12(16)17)21(18,19)15-6-7-2-1-3-20-7/h4-5,7,15H,1-3,6H2,(H,16,17). The highest BCUT2D eigenvalue weighted by atomic mass is 35.5. The molecule has 1 aromatic rings. The second-order valence-electron chi connectivity index (χ2n) is 4.55. The van der Waals surface area contributed by atoms with E-state index < -0.39 is 16.0 Å². The summed E-state index contributed by atoms with van der Waals surface area (Å²) in [6.45, 7) is 0.300. The number of halogens is 2. The van der Waals surface area contributed by atoms with Gasteiger partial charge in [0.05, 0.1) is 15.6 Å². The van der Waals surface area contributed by atoms with E-state index in [1.54, 1.807) is 11.8 Å². The molecule has 116 valence electrons. The largest absolute Gasteiger partial charge is 0.478 e. The predicted molar refractivity (Wildman–Crippen MR) is 84.1 cm³/mol. The van der Waals surface area contributed by atoms with E-state index in [4.69, 9.17) is 28.3 Å². The molecule has 1 saturated heterocycles. The lowest BCUT2D eigenvalue weighted by atomic mass is 10.2. The Morgan fingerprint density at radius 1 is 1.38 bits per heavy atom. The van der Waals surface area contributed by atoms with Gasteiger partial charge in [-0.1, -0.05) is 23.2 Å². The fourth-order valence-electron chi connectivity index (χ4n) is 1.98. The van der Waals surface area contributed by atoms with Gasteiger partial charge in [0.15, 0.2) is 0 Å². The molecule has 1 unspecified atom stereocenters. The van der Waals surface area contributed by atoms with Crippen molar-refractivity contribution in [3.05, 3.63) is 27.7 Å². The van der Waals surface area contributed by atoms with Gasteiger partial charge in [-0.3, -0.25) is 0 Å². The van der Waals surface area contributed by atoms with Crippen molar-refractivity contribution in [3.8, 4) is 0 Å². The summed E-state index contributed by atoms with van der Waals surface area (Å²) in [5, 5.41) is 9.04. The zero-order valence-electron chi connectivity index (χ0n) is 10.8. The van der Waals surface area contributed by atoms with Crippen LogP contribution in [0, 0.1) is 0 Å². The Balaban J connectivity index is 2.26. The number of hydrogen-bond acceptors (Lipinski definition) is 4. The Labute approximate surface area is 137 Å². The van der Waals surface area contributed by atoms with Gasteiger partial charge in [0.25, 0.3) is 0 Å². The lowest BCUT2D eigenvalue weighted by molar-refractivity contribution is 0.0697. The van der Waals surface area contributed by atoms with Crippen LogP contribution in [0.2, 0.25) is 10.0 Å². The van der Waals surface area contributed by atoms with Gasteiger partial charge in [0.1, 0.15) is 4.90 Å². The molecule has 21 heavy (non-hydrogen) atoms. The molecule has 0 amide bonds. The first kappa shape index (κ1) is 16.9. The van der Waals surface area contributed by atoms with Crippen LogP contribution in [-0.2, 0) is 10.0 Å². The molecule has 0 radical (unpaired) electrons. The van der Waals surface area contributed by atoms with Crippen LogP contribution in [0.15, 0.2) is 17.0 Å². The van der Waals surface area contributed by atoms with Gasteiger partial charge in [0.2, 0.25) is 10.0 Å². The van der Waals surface area contributed by atoms with E-state index in [9.17, 15) is 13.2 Å². The summed E-state index contributed by atoms with van der Waals surface area (Å²) in [6, 6.07) is 2.11. The molecule has 0 bridgehead atoms. The Hall–Kier alpha value is -0.470. The van der Waals surface area contributed by atoms with E-state index in [0.717, 1.165) is 30.7 Å². The van der Waals surface area contributed by atoms with Crippen molar-refractivity contribution in [2.75, 3.05) is 12.3 Å². The van der Waals surface area contributed by atoms with Crippen molar-refractivity contribution in [3.63, 3.8) is 0 Å². The third kappa shape index (κ3) is 4.04.